The Balaban J connectivity index is 2.54. The normalized spacial score (nSPS) is 23.6. The molecule has 1 heterocycles. The van der Waals surface area contributed by atoms with Crippen LogP contribution in [-0.2, 0) is 4.79 Å². The second-order valence-corrected chi connectivity index (χ2v) is 4.36. The van der Waals surface area contributed by atoms with E-state index in [4.69, 9.17) is 5.11 Å². The molecule has 0 aromatic carbocycles. The van der Waals surface area contributed by atoms with Gasteiger partial charge in [0.2, 0.25) is 0 Å². The van der Waals surface area contributed by atoms with Crippen molar-refractivity contribution in [1.29, 1.82) is 0 Å². The van der Waals surface area contributed by atoms with Crippen LogP contribution in [0.3, 0.4) is 0 Å². The quantitative estimate of drug-likeness (QED) is 0.717. The number of carboxylic acid groups (broad SMARTS) is 1. The lowest BCUT2D eigenvalue weighted by Crippen LogP contribution is -2.44. The molecule has 0 saturated carbocycles. The molecule has 0 amide bonds. The van der Waals surface area contributed by atoms with E-state index in [1.807, 2.05) is 0 Å². The molecule has 0 spiro atoms. The van der Waals surface area contributed by atoms with Gasteiger partial charge in [-0.25, -0.2) is 0 Å². The number of hydrogen-bond donors (Lipinski definition) is 1. The van der Waals surface area contributed by atoms with Crippen LogP contribution in [0.2, 0.25) is 0 Å². The molecule has 4 nitrogen and oxygen atoms in total. The van der Waals surface area contributed by atoms with Crippen LogP contribution in [0.4, 0.5) is 0 Å². The van der Waals surface area contributed by atoms with Gasteiger partial charge in [0.15, 0.2) is 0 Å². The second kappa shape index (κ2) is 4.75. The first-order valence-electron chi connectivity index (χ1n) is 5.16. The van der Waals surface area contributed by atoms with Gasteiger partial charge in [-0.15, -0.1) is 0 Å². The highest BCUT2D eigenvalue weighted by Gasteiger charge is 2.28. The Kier molecular flexibility index (Phi) is 3.89. The van der Waals surface area contributed by atoms with E-state index in [0.717, 1.165) is 19.5 Å². The summed E-state index contributed by atoms with van der Waals surface area (Å²) in [6, 6.07) is 0.721. The maximum atomic E-state index is 10.7. The minimum atomic E-state index is -0.728. The average Bonchev–Trinajstić information content (AvgIpc) is 2.46. The second-order valence-electron chi connectivity index (χ2n) is 4.36. The van der Waals surface area contributed by atoms with E-state index >= 15 is 0 Å². The van der Waals surface area contributed by atoms with Gasteiger partial charge in [-0.1, -0.05) is 0 Å². The summed E-state index contributed by atoms with van der Waals surface area (Å²) in [6.45, 7) is 6.34. The van der Waals surface area contributed by atoms with Crippen molar-refractivity contribution in [1.82, 2.24) is 9.80 Å². The maximum Gasteiger partial charge on any atom is 0.317 e. The van der Waals surface area contributed by atoms with Gasteiger partial charge in [0, 0.05) is 18.6 Å². The van der Waals surface area contributed by atoms with Crippen molar-refractivity contribution in [2.24, 2.45) is 0 Å². The molecule has 4 heteroatoms. The average molecular weight is 200 g/mol. The van der Waals surface area contributed by atoms with Crippen molar-refractivity contribution < 1.29 is 9.90 Å². The van der Waals surface area contributed by atoms with Crippen LogP contribution >= 0.6 is 0 Å². The van der Waals surface area contributed by atoms with E-state index in [0.29, 0.717) is 12.1 Å². The lowest BCUT2D eigenvalue weighted by molar-refractivity contribution is -0.139. The highest BCUT2D eigenvalue weighted by molar-refractivity contribution is 5.69. The fourth-order valence-electron chi connectivity index (χ4n) is 2.07. The molecule has 0 aromatic heterocycles. The van der Waals surface area contributed by atoms with Gasteiger partial charge >= 0.3 is 5.97 Å². The predicted octanol–water partition coefficient (Wildman–Crippen LogP) is 0.486. The third kappa shape index (κ3) is 2.96. The number of rotatable bonds is 4. The van der Waals surface area contributed by atoms with Crippen LogP contribution in [0.1, 0.15) is 20.3 Å². The molecular weight excluding hydrogens is 180 g/mol. The zero-order chi connectivity index (χ0) is 10.7. The van der Waals surface area contributed by atoms with E-state index < -0.39 is 5.97 Å². The number of aliphatic carboxylic acids is 1. The molecule has 1 N–H and O–H groups in total. The van der Waals surface area contributed by atoms with Crippen LogP contribution in [0.15, 0.2) is 0 Å². The summed E-state index contributed by atoms with van der Waals surface area (Å²) in [7, 11) is 2.08. The summed E-state index contributed by atoms with van der Waals surface area (Å²) in [4.78, 5) is 15.0. The molecular formula is C10H20N2O2. The summed E-state index contributed by atoms with van der Waals surface area (Å²) < 4.78 is 0. The SMILES string of the molecule is CC(C)N(CC(=O)O)[C@@H]1CCN(C)C1. The van der Waals surface area contributed by atoms with Crippen LogP contribution < -0.4 is 0 Å². The van der Waals surface area contributed by atoms with Crippen molar-refractivity contribution >= 4 is 5.97 Å². The number of nitrogens with zero attached hydrogens (tertiary/aromatic N) is 2. The van der Waals surface area contributed by atoms with Crippen molar-refractivity contribution in [2.45, 2.75) is 32.4 Å². The number of carbonyl (C=O) groups is 1. The van der Waals surface area contributed by atoms with Crippen molar-refractivity contribution in [2.75, 3.05) is 26.7 Å². The fourth-order valence-corrected chi connectivity index (χ4v) is 2.07. The van der Waals surface area contributed by atoms with E-state index in [1.54, 1.807) is 0 Å². The van der Waals surface area contributed by atoms with Crippen LogP contribution in [0.5, 0.6) is 0 Å². The number of likely N-dealkylation sites (N-methyl/N-ethyl adjacent to an activating group) is 1. The standard InChI is InChI=1S/C10H20N2O2/c1-8(2)12(7-10(13)14)9-4-5-11(3)6-9/h8-9H,4-7H2,1-3H3,(H,13,14)/t9-/m1/s1. The maximum absolute atomic E-state index is 10.7. The lowest BCUT2D eigenvalue weighted by atomic mass is 10.2. The minimum absolute atomic E-state index is 0.163. The van der Waals surface area contributed by atoms with Crippen molar-refractivity contribution in [3.63, 3.8) is 0 Å². The third-order valence-corrected chi connectivity index (χ3v) is 2.82. The molecule has 1 fully saturated rings. The van der Waals surface area contributed by atoms with Crippen molar-refractivity contribution in [3.05, 3.63) is 0 Å². The van der Waals surface area contributed by atoms with Gasteiger partial charge in [0.1, 0.15) is 0 Å². The molecule has 1 atom stereocenters. The highest BCUT2D eigenvalue weighted by Crippen LogP contribution is 2.16. The molecule has 0 unspecified atom stereocenters. The van der Waals surface area contributed by atoms with Crippen LogP contribution in [0, 0.1) is 0 Å². The van der Waals surface area contributed by atoms with Crippen LogP contribution in [-0.4, -0.2) is 59.6 Å². The molecule has 1 aliphatic heterocycles. The Morgan fingerprint density at radius 2 is 2.29 bits per heavy atom. The largest absolute Gasteiger partial charge is 0.480 e. The molecule has 0 aliphatic carbocycles. The Hall–Kier alpha value is -0.610. The molecule has 1 saturated heterocycles. The molecule has 0 bridgehead atoms. The van der Waals surface area contributed by atoms with Gasteiger partial charge < -0.3 is 10.0 Å². The number of likely N-dealkylation sites (tertiary alicyclic amines) is 1. The minimum Gasteiger partial charge on any atom is -0.480 e. The Morgan fingerprint density at radius 3 is 2.64 bits per heavy atom. The molecule has 0 aromatic rings. The van der Waals surface area contributed by atoms with Gasteiger partial charge in [-0.05, 0) is 33.9 Å². The number of hydrogen-bond acceptors (Lipinski definition) is 3. The summed E-state index contributed by atoms with van der Waals surface area (Å²) >= 11 is 0. The van der Waals surface area contributed by atoms with Gasteiger partial charge in [-0.2, -0.15) is 0 Å². The lowest BCUT2D eigenvalue weighted by Gasteiger charge is -2.30. The topological polar surface area (TPSA) is 43.8 Å². The Labute approximate surface area is 85.5 Å². The summed E-state index contributed by atoms with van der Waals surface area (Å²) in [5.41, 5.74) is 0. The first-order chi connectivity index (χ1) is 6.50. The van der Waals surface area contributed by atoms with E-state index in [1.165, 1.54) is 0 Å². The van der Waals surface area contributed by atoms with Gasteiger partial charge in [0.05, 0.1) is 6.54 Å². The monoisotopic (exact) mass is 200 g/mol. The van der Waals surface area contributed by atoms with Gasteiger partial charge in [0.25, 0.3) is 0 Å². The van der Waals surface area contributed by atoms with Crippen LogP contribution in [0.25, 0.3) is 0 Å². The first kappa shape index (κ1) is 11.5. The van der Waals surface area contributed by atoms with Gasteiger partial charge in [-0.3, -0.25) is 9.69 Å². The van der Waals surface area contributed by atoms with Crippen molar-refractivity contribution in [3.8, 4) is 0 Å². The zero-order valence-electron chi connectivity index (χ0n) is 9.23. The predicted molar refractivity (Wildman–Crippen MR) is 55.4 cm³/mol. The summed E-state index contributed by atoms with van der Waals surface area (Å²) in [5.74, 6) is -0.728. The smallest absolute Gasteiger partial charge is 0.317 e. The molecule has 82 valence electrons. The van der Waals surface area contributed by atoms with E-state index in [9.17, 15) is 4.79 Å². The Morgan fingerprint density at radius 1 is 1.64 bits per heavy atom. The zero-order valence-corrected chi connectivity index (χ0v) is 9.23. The highest BCUT2D eigenvalue weighted by atomic mass is 16.4. The fraction of sp³-hybridized carbons (Fsp3) is 0.900. The molecule has 14 heavy (non-hydrogen) atoms. The van der Waals surface area contributed by atoms with E-state index in [2.05, 4.69) is 30.7 Å². The first-order valence-corrected chi connectivity index (χ1v) is 5.16. The number of carboxylic acids is 1. The molecule has 1 rings (SSSR count). The third-order valence-electron chi connectivity index (χ3n) is 2.82. The molecule has 0 radical (unpaired) electrons. The van der Waals surface area contributed by atoms with E-state index in [-0.39, 0.29) is 6.54 Å². The summed E-state index contributed by atoms with van der Waals surface area (Å²) in [6.07, 6.45) is 1.09. The molecule has 1 aliphatic rings. The summed E-state index contributed by atoms with van der Waals surface area (Å²) in [5, 5.41) is 8.80. The Bertz CT molecular complexity index is 206.